The van der Waals surface area contributed by atoms with E-state index in [1.807, 2.05) is 29.2 Å². The zero-order chi connectivity index (χ0) is 24.7. The van der Waals surface area contributed by atoms with Crippen molar-refractivity contribution in [2.75, 3.05) is 36.8 Å². The summed E-state index contributed by atoms with van der Waals surface area (Å²) >= 11 is 0. The van der Waals surface area contributed by atoms with E-state index in [0.717, 1.165) is 69.7 Å². The standard InChI is InChI=1S/C21H30N4O2.C2HF3O2/c26-20(15-5-2-1-3-6-15)23-18-7-4-8-19(11-18)24-21(27)25-10-9-16-12-22-13-17(16)14-25;3-2(4,5)1(6)7/h4,7-8,11,15-17,22H,1-3,5-6,9-10,12-14H2,(H,23,26)(H,24,27);(H,6,7)/t16-,17-;/m1./s1. The van der Waals surface area contributed by atoms with Crippen molar-refractivity contribution in [3.05, 3.63) is 24.3 Å². The summed E-state index contributed by atoms with van der Waals surface area (Å²) in [6.07, 6.45) is 1.47. The monoisotopic (exact) mass is 484 g/mol. The first-order chi connectivity index (χ1) is 16.1. The lowest BCUT2D eigenvalue weighted by Crippen LogP contribution is -2.45. The number of amides is 3. The molecule has 1 aromatic rings. The SMILES string of the molecule is O=C(Nc1cccc(NC(=O)N2CC[C@@H]3CNC[C@@H]3C2)c1)C1CCCCC1.O=C(O)C(F)(F)F. The van der Waals surface area contributed by atoms with Crippen molar-refractivity contribution >= 4 is 29.3 Å². The normalized spacial score (nSPS) is 22.7. The van der Waals surface area contributed by atoms with Gasteiger partial charge in [-0.15, -0.1) is 0 Å². The number of aliphatic carboxylic acids is 1. The van der Waals surface area contributed by atoms with Crippen molar-refractivity contribution in [2.45, 2.75) is 44.7 Å². The van der Waals surface area contributed by atoms with E-state index in [1.54, 1.807) is 0 Å². The average molecular weight is 485 g/mol. The lowest BCUT2D eigenvalue weighted by molar-refractivity contribution is -0.192. The molecule has 0 aromatic heterocycles. The molecule has 0 unspecified atom stereocenters. The summed E-state index contributed by atoms with van der Waals surface area (Å²) in [6, 6.07) is 7.43. The summed E-state index contributed by atoms with van der Waals surface area (Å²) in [4.78, 5) is 35.9. The van der Waals surface area contributed by atoms with Gasteiger partial charge in [0.25, 0.3) is 0 Å². The molecule has 2 atom stereocenters. The van der Waals surface area contributed by atoms with Gasteiger partial charge in [-0.3, -0.25) is 4.79 Å². The molecule has 188 valence electrons. The Balaban J connectivity index is 0.000000406. The third-order valence-corrected chi connectivity index (χ3v) is 6.59. The molecule has 0 bridgehead atoms. The molecular formula is C23H31F3N4O4. The molecule has 1 aromatic carbocycles. The summed E-state index contributed by atoms with van der Waals surface area (Å²) in [7, 11) is 0. The zero-order valence-electron chi connectivity index (χ0n) is 18.9. The highest BCUT2D eigenvalue weighted by molar-refractivity contribution is 5.94. The number of carbonyl (C=O) groups excluding carboxylic acids is 2. The molecule has 34 heavy (non-hydrogen) atoms. The van der Waals surface area contributed by atoms with Gasteiger partial charge in [0.2, 0.25) is 5.91 Å². The molecule has 0 radical (unpaired) electrons. The van der Waals surface area contributed by atoms with Gasteiger partial charge in [0.05, 0.1) is 0 Å². The Kier molecular flexibility index (Phi) is 8.76. The molecule has 4 N–H and O–H groups in total. The van der Waals surface area contributed by atoms with Crippen LogP contribution in [0.25, 0.3) is 0 Å². The van der Waals surface area contributed by atoms with Gasteiger partial charge >= 0.3 is 18.2 Å². The molecule has 3 amide bonds. The number of rotatable bonds is 3. The Morgan fingerprint density at radius 2 is 1.59 bits per heavy atom. The van der Waals surface area contributed by atoms with E-state index in [0.29, 0.717) is 11.8 Å². The summed E-state index contributed by atoms with van der Waals surface area (Å²) in [5.74, 6) is -1.24. The number of urea groups is 1. The van der Waals surface area contributed by atoms with Crippen molar-refractivity contribution in [2.24, 2.45) is 17.8 Å². The zero-order valence-corrected chi connectivity index (χ0v) is 18.9. The number of carbonyl (C=O) groups is 3. The van der Waals surface area contributed by atoms with Gasteiger partial charge in [0.1, 0.15) is 0 Å². The summed E-state index contributed by atoms with van der Waals surface area (Å²) in [5.41, 5.74) is 1.48. The van der Waals surface area contributed by atoms with Crippen LogP contribution in [0.5, 0.6) is 0 Å². The minimum Gasteiger partial charge on any atom is -0.475 e. The fraction of sp³-hybridized carbons (Fsp3) is 0.609. The number of hydrogen-bond donors (Lipinski definition) is 4. The molecule has 3 fully saturated rings. The molecule has 11 heteroatoms. The maximum absolute atomic E-state index is 12.6. The number of halogens is 3. The van der Waals surface area contributed by atoms with Gasteiger partial charge in [-0.1, -0.05) is 25.3 Å². The molecule has 8 nitrogen and oxygen atoms in total. The maximum atomic E-state index is 12.6. The van der Waals surface area contributed by atoms with Crippen LogP contribution in [-0.2, 0) is 9.59 Å². The summed E-state index contributed by atoms with van der Waals surface area (Å²) in [6.45, 7) is 3.73. The predicted molar refractivity (Wildman–Crippen MR) is 120 cm³/mol. The van der Waals surface area contributed by atoms with Crippen LogP contribution >= 0.6 is 0 Å². The highest BCUT2D eigenvalue weighted by Crippen LogP contribution is 2.28. The number of likely N-dealkylation sites (tertiary alicyclic amines) is 1. The Labute approximate surface area is 196 Å². The number of hydrogen-bond acceptors (Lipinski definition) is 4. The maximum Gasteiger partial charge on any atom is 0.490 e. The van der Waals surface area contributed by atoms with Crippen LogP contribution in [0.4, 0.5) is 29.3 Å². The number of fused-ring (bicyclic) bond motifs is 1. The Bertz CT molecular complexity index is 874. The predicted octanol–water partition coefficient (Wildman–Crippen LogP) is 3.91. The van der Waals surface area contributed by atoms with E-state index < -0.39 is 12.1 Å². The van der Waals surface area contributed by atoms with Gasteiger partial charge in [-0.05, 0) is 62.4 Å². The van der Waals surface area contributed by atoms with E-state index in [4.69, 9.17) is 9.90 Å². The van der Waals surface area contributed by atoms with E-state index in [-0.39, 0.29) is 17.9 Å². The van der Waals surface area contributed by atoms with Gasteiger partial charge in [-0.25, -0.2) is 9.59 Å². The first-order valence-electron chi connectivity index (χ1n) is 11.6. The van der Waals surface area contributed by atoms with Crippen LogP contribution in [0.15, 0.2) is 24.3 Å². The van der Waals surface area contributed by atoms with Crippen LogP contribution in [0, 0.1) is 17.8 Å². The first-order valence-corrected chi connectivity index (χ1v) is 11.6. The molecule has 0 spiro atoms. The molecule has 3 aliphatic rings. The van der Waals surface area contributed by atoms with Gasteiger partial charge in [0.15, 0.2) is 0 Å². The van der Waals surface area contributed by atoms with Crippen molar-refractivity contribution < 1.29 is 32.7 Å². The summed E-state index contributed by atoms with van der Waals surface area (Å²) < 4.78 is 31.7. The first kappa shape index (κ1) is 25.8. The highest BCUT2D eigenvalue weighted by atomic mass is 19.4. The van der Waals surface area contributed by atoms with Crippen molar-refractivity contribution in [3.63, 3.8) is 0 Å². The number of carboxylic acid groups (broad SMARTS) is 1. The van der Waals surface area contributed by atoms with E-state index >= 15 is 0 Å². The molecule has 1 aliphatic carbocycles. The summed E-state index contributed by atoms with van der Waals surface area (Å²) in [5, 5.41) is 16.6. The molecule has 2 heterocycles. The van der Waals surface area contributed by atoms with Crippen LogP contribution in [0.1, 0.15) is 38.5 Å². The number of nitrogens with one attached hydrogen (secondary N) is 3. The Morgan fingerprint density at radius 3 is 2.24 bits per heavy atom. The number of piperidine rings is 1. The second-order valence-corrected chi connectivity index (χ2v) is 9.05. The van der Waals surface area contributed by atoms with Gasteiger partial charge in [0, 0.05) is 30.4 Å². The molecule has 4 rings (SSSR count). The molecular weight excluding hydrogens is 453 g/mol. The molecule has 2 saturated heterocycles. The second-order valence-electron chi connectivity index (χ2n) is 9.05. The number of alkyl halides is 3. The van der Waals surface area contributed by atoms with Crippen molar-refractivity contribution in [3.8, 4) is 0 Å². The van der Waals surface area contributed by atoms with Gasteiger partial charge < -0.3 is 26.0 Å². The quantitative estimate of drug-likeness (QED) is 0.520. The molecule has 1 saturated carbocycles. The number of benzene rings is 1. The van der Waals surface area contributed by atoms with E-state index in [9.17, 15) is 22.8 Å². The third kappa shape index (κ3) is 7.34. The fourth-order valence-corrected chi connectivity index (χ4v) is 4.71. The van der Waals surface area contributed by atoms with Crippen LogP contribution in [0.2, 0.25) is 0 Å². The van der Waals surface area contributed by atoms with E-state index in [2.05, 4.69) is 16.0 Å². The highest BCUT2D eigenvalue weighted by Gasteiger charge is 2.38. The fourth-order valence-electron chi connectivity index (χ4n) is 4.71. The Hall–Kier alpha value is -2.82. The topological polar surface area (TPSA) is 111 Å². The third-order valence-electron chi connectivity index (χ3n) is 6.59. The average Bonchev–Trinajstić information content (AvgIpc) is 3.27. The number of nitrogens with zero attached hydrogens (tertiary/aromatic N) is 1. The van der Waals surface area contributed by atoms with Crippen molar-refractivity contribution in [1.29, 1.82) is 0 Å². The molecule has 2 aliphatic heterocycles. The van der Waals surface area contributed by atoms with E-state index in [1.165, 1.54) is 6.42 Å². The smallest absolute Gasteiger partial charge is 0.475 e. The van der Waals surface area contributed by atoms with Crippen molar-refractivity contribution in [1.82, 2.24) is 10.2 Å². The van der Waals surface area contributed by atoms with Crippen LogP contribution < -0.4 is 16.0 Å². The minimum atomic E-state index is -5.08. The number of carboxylic acids is 1. The van der Waals surface area contributed by atoms with Crippen LogP contribution in [-0.4, -0.2) is 60.3 Å². The van der Waals surface area contributed by atoms with Gasteiger partial charge in [-0.2, -0.15) is 13.2 Å². The Morgan fingerprint density at radius 1 is 0.971 bits per heavy atom. The number of anilines is 2. The minimum absolute atomic E-state index is 0.0453. The largest absolute Gasteiger partial charge is 0.490 e. The van der Waals surface area contributed by atoms with Crippen LogP contribution in [0.3, 0.4) is 0 Å². The lowest BCUT2D eigenvalue weighted by Gasteiger charge is -2.34. The second kappa shape index (κ2) is 11.5. The lowest BCUT2D eigenvalue weighted by atomic mass is 9.88.